The van der Waals surface area contributed by atoms with Gasteiger partial charge >= 0.3 is 0 Å². The minimum absolute atomic E-state index is 0.134. The summed E-state index contributed by atoms with van der Waals surface area (Å²) in [7, 11) is 1.64. The largest absolute Gasteiger partial charge is 0.328 e. The Balaban J connectivity index is 2.33. The van der Waals surface area contributed by atoms with E-state index in [-0.39, 0.29) is 5.91 Å². The quantitative estimate of drug-likeness (QED) is 0.613. The Hall–Kier alpha value is -1.39. The summed E-state index contributed by atoms with van der Waals surface area (Å²) in [5.74, 6) is -0.134. The van der Waals surface area contributed by atoms with Gasteiger partial charge in [0.05, 0.1) is 0 Å². The molecule has 2 rings (SSSR count). The lowest BCUT2D eigenvalue weighted by Crippen LogP contribution is -2.25. The lowest BCUT2D eigenvalue weighted by molar-refractivity contribution is -0.121. The second-order valence-electron chi connectivity index (χ2n) is 3.41. The summed E-state index contributed by atoms with van der Waals surface area (Å²) in [5.41, 5.74) is 1.33. The Morgan fingerprint density at radius 2 is 2.25 bits per heavy atom. The van der Waals surface area contributed by atoms with Crippen molar-refractivity contribution in [2.24, 2.45) is 0 Å². The first-order valence-corrected chi connectivity index (χ1v) is 5.43. The maximum Gasteiger partial charge on any atom is 0.276 e. The average molecular weight is 253 g/mol. The molecule has 1 aliphatic heterocycles. The fraction of sp³-hybridized carbons (Fsp3) is 0.0909. The summed E-state index contributed by atoms with van der Waals surface area (Å²) in [4.78, 5) is 13.1. The van der Waals surface area contributed by atoms with Crippen molar-refractivity contribution in [1.82, 2.24) is 10.2 Å². The van der Waals surface area contributed by atoms with E-state index >= 15 is 0 Å². The number of thiocarbonyl (C=S) groups is 1. The number of nitrogens with one attached hydrogen (secondary N) is 1. The van der Waals surface area contributed by atoms with Gasteiger partial charge < -0.3 is 5.32 Å². The van der Waals surface area contributed by atoms with Crippen molar-refractivity contribution in [2.75, 3.05) is 7.05 Å². The Kier molecular flexibility index (Phi) is 2.94. The van der Waals surface area contributed by atoms with Crippen LogP contribution < -0.4 is 5.32 Å². The number of rotatable bonds is 1. The molecule has 0 aliphatic carbocycles. The van der Waals surface area contributed by atoms with Gasteiger partial charge in [0.1, 0.15) is 5.70 Å². The highest BCUT2D eigenvalue weighted by Gasteiger charge is 2.26. The maximum atomic E-state index is 11.7. The molecular weight excluding hydrogens is 244 g/mol. The summed E-state index contributed by atoms with van der Waals surface area (Å²) in [5, 5.41) is 3.90. The van der Waals surface area contributed by atoms with Crippen LogP contribution in [0.5, 0.6) is 0 Å². The molecule has 0 unspecified atom stereocenters. The van der Waals surface area contributed by atoms with Crippen molar-refractivity contribution in [3.05, 3.63) is 40.5 Å². The molecule has 16 heavy (non-hydrogen) atoms. The van der Waals surface area contributed by atoms with Crippen LogP contribution in [0, 0.1) is 0 Å². The molecule has 1 fully saturated rings. The topological polar surface area (TPSA) is 32.3 Å². The molecule has 1 saturated heterocycles. The van der Waals surface area contributed by atoms with Gasteiger partial charge in [-0.3, -0.25) is 9.69 Å². The molecule has 1 amide bonds. The molecule has 3 nitrogen and oxygen atoms in total. The lowest BCUT2D eigenvalue weighted by Gasteiger charge is -2.02. The zero-order valence-electron chi connectivity index (χ0n) is 8.53. The summed E-state index contributed by atoms with van der Waals surface area (Å²) in [6.45, 7) is 0. The molecule has 1 aromatic carbocycles. The first kappa shape index (κ1) is 11.1. The van der Waals surface area contributed by atoms with Gasteiger partial charge in [-0.1, -0.05) is 23.7 Å². The van der Waals surface area contributed by atoms with E-state index < -0.39 is 0 Å². The van der Waals surface area contributed by atoms with Gasteiger partial charge in [0.2, 0.25) is 0 Å². The fourth-order valence-corrected chi connectivity index (χ4v) is 1.78. The number of carbonyl (C=O) groups is 1. The molecule has 0 radical (unpaired) electrons. The van der Waals surface area contributed by atoms with E-state index in [1.54, 1.807) is 25.3 Å². The highest BCUT2D eigenvalue weighted by molar-refractivity contribution is 7.80. The van der Waals surface area contributed by atoms with E-state index in [1.165, 1.54) is 4.90 Å². The number of carbonyl (C=O) groups excluding carboxylic acids is 1. The summed E-state index contributed by atoms with van der Waals surface area (Å²) in [6, 6.07) is 7.26. The number of nitrogens with zero attached hydrogens (tertiary/aromatic N) is 1. The van der Waals surface area contributed by atoms with Crippen LogP contribution in [0.2, 0.25) is 5.02 Å². The van der Waals surface area contributed by atoms with Crippen LogP contribution in [0.1, 0.15) is 5.56 Å². The van der Waals surface area contributed by atoms with E-state index in [2.05, 4.69) is 5.32 Å². The van der Waals surface area contributed by atoms with E-state index in [0.29, 0.717) is 15.8 Å². The molecule has 0 saturated carbocycles. The van der Waals surface area contributed by atoms with Crippen LogP contribution in [0.4, 0.5) is 0 Å². The summed E-state index contributed by atoms with van der Waals surface area (Å²) in [6.07, 6.45) is 1.73. The van der Waals surface area contributed by atoms with Crippen molar-refractivity contribution in [2.45, 2.75) is 0 Å². The SMILES string of the molecule is CN1C(=O)/C(=C/c2cccc(Cl)c2)NC1=S. The van der Waals surface area contributed by atoms with E-state index in [9.17, 15) is 4.79 Å². The predicted octanol–water partition coefficient (Wildman–Crippen LogP) is 2.03. The Labute approximate surface area is 104 Å². The van der Waals surface area contributed by atoms with Crippen LogP contribution in [0.3, 0.4) is 0 Å². The van der Waals surface area contributed by atoms with Crippen molar-refractivity contribution < 1.29 is 4.79 Å². The number of hydrogen-bond acceptors (Lipinski definition) is 2. The first-order valence-electron chi connectivity index (χ1n) is 4.64. The number of likely N-dealkylation sites (N-methyl/N-ethyl adjacent to an activating group) is 1. The fourth-order valence-electron chi connectivity index (χ4n) is 1.39. The van der Waals surface area contributed by atoms with Gasteiger partial charge in [0.25, 0.3) is 5.91 Å². The van der Waals surface area contributed by atoms with Gasteiger partial charge in [-0.05, 0) is 36.0 Å². The molecule has 1 aliphatic rings. The Bertz CT molecular complexity index is 499. The number of halogens is 1. The van der Waals surface area contributed by atoms with Gasteiger partial charge in [-0.25, -0.2) is 0 Å². The van der Waals surface area contributed by atoms with Crippen LogP contribution in [0.25, 0.3) is 6.08 Å². The van der Waals surface area contributed by atoms with Crippen LogP contribution in [-0.4, -0.2) is 23.0 Å². The minimum atomic E-state index is -0.134. The molecule has 5 heteroatoms. The van der Waals surface area contributed by atoms with Gasteiger partial charge in [-0.15, -0.1) is 0 Å². The average Bonchev–Trinajstić information content (AvgIpc) is 2.47. The number of amides is 1. The van der Waals surface area contributed by atoms with E-state index in [4.69, 9.17) is 23.8 Å². The highest BCUT2D eigenvalue weighted by atomic mass is 35.5. The lowest BCUT2D eigenvalue weighted by atomic mass is 10.2. The van der Waals surface area contributed by atoms with Gasteiger partial charge in [0, 0.05) is 12.1 Å². The molecule has 0 atom stereocenters. The number of hydrogen-bond donors (Lipinski definition) is 1. The molecule has 1 aromatic rings. The predicted molar refractivity (Wildman–Crippen MR) is 67.9 cm³/mol. The smallest absolute Gasteiger partial charge is 0.276 e. The van der Waals surface area contributed by atoms with Crippen molar-refractivity contribution in [3.8, 4) is 0 Å². The molecule has 1 heterocycles. The van der Waals surface area contributed by atoms with Crippen molar-refractivity contribution >= 4 is 40.9 Å². The Morgan fingerprint density at radius 3 is 2.81 bits per heavy atom. The standard InChI is InChI=1S/C11H9ClN2OS/c1-14-10(15)9(13-11(14)16)6-7-3-2-4-8(12)5-7/h2-6H,1H3,(H,13,16)/b9-6-. The van der Waals surface area contributed by atoms with E-state index in [1.807, 2.05) is 12.1 Å². The molecule has 0 bridgehead atoms. The second kappa shape index (κ2) is 4.23. The van der Waals surface area contributed by atoms with Crippen molar-refractivity contribution in [1.29, 1.82) is 0 Å². The van der Waals surface area contributed by atoms with Crippen LogP contribution in [-0.2, 0) is 4.79 Å². The van der Waals surface area contributed by atoms with Crippen molar-refractivity contribution in [3.63, 3.8) is 0 Å². The zero-order chi connectivity index (χ0) is 11.7. The van der Waals surface area contributed by atoms with E-state index in [0.717, 1.165) is 5.56 Å². The summed E-state index contributed by atoms with van der Waals surface area (Å²) >= 11 is 10.8. The molecule has 82 valence electrons. The third kappa shape index (κ3) is 2.08. The normalized spacial score (nSPS) is 18.1. The van der Waals surface area contributed by atoms with Crippen LogP contribution >= 0.6 is 23.8 Å². The molecular formula is C11H9ClN2OS. The zero-order valence-corrected chi connectivity index (χ0v) is 10.1. The monoisotopic (exact) mass is 252 g/mol. The highest BCUT2D eigenvalue weighted by Crippen LogP contribution is 2.16. The maximum absolute atomic E-state index is 11.7. The molecule has 0 spiro atoms. The van der Waals surface area contributed by atoms with Gasteiger partial charge in [-0.2, -0.15) is 0 Å². The minimum Gasteiger partial charge on any atom is -0.328 e. The van der Waals surface area contributed by atoms with Gasteiger partial charge in [0.15, 0.2) is 5.11 Å². The third-order valence-corrected chi connectivity index (χ3v) is 2.85. The third-order valence-electron chi connectivity index (χ3n) is 2.24. The van der Waals surface area contributed by atoms with Crippen LogP contribution in [0.15, 0.2) is 30.0 Å². The summed E-state index contributed by atoms with van der Waals surface area (Å²) < 4.78 is 0. The second-order valence-corrected chi connectivity index (χ2v) is 4.23. The molecule has 1 N–H and O–H groups in total. The Morgan fingerprint density at radius 1 is 1.50 bits per heavy atom. The number of benzene rings is 1. The molecule has 0 aromatic heterocycles. The first-order chi connectivity index (χ1) is 7.58.